The largest absolute Gasteiger partial charge is 0.467 e. The Morgan fingerprint density at radius 1 is 1.28 bits per heavy atom. The number of rotatable bonds is 1. The monoisotopic (exact) mass is 259 g/mol. The van der Waals surface area contributed by atoms with Gasteiger partial charge in [-0.3, -0.25) is 0 Å². The van der Waals surface area contributed by atoms with Crippen molar-refractivity contribution in [3.63, 3.8) is 0 Å². The molecule has 1 heterocycles. The van der Waals surface area contributed by atoms with E-state index < -0.39 is 23.8 Å². The quantitative estimate of drug-likeness (QED) is 0.662. The van der Waals surface area contributed by atoms with E-state index in [1.165, 1.54) is 12.0 Å². The highest BCUT2D eigenvalue weighted by atomic mass is 16.6. The fourth-order valence-corrected chi connectivity index (χ4v) is 1.69. The maximum absolute atomic E-state index is 11.9. The van der Waals surface area contributed by atoms with Crippen LogP contribution in [-0.2, 0) is 19.0 Å². The van der Waals surface area contributed by atoms with Gasteiger partial charge >= 0.3 is 12.1 Å². The Kier molecular flexibility index (Phi) is 4.56. The lowest BCUT2D eigenvalue weighted by Gasteiger charge is -2.36. The molecule has 1 fully saturated rings. The van der Waals surface area contributed by atoms with Crippen molar-refractivity contribution in [2.24, 2.45) is 0 Å². The average molecular weight is 259 g/mol. The molecule has 0 aromatic heterocycles. The molecule has 0 spiro atoms. The number of hydrogen-bond acceptors (Lipinski definition) is 5. The Morgan fingerprint density at radius 3 is 2.39 bits per heavy atom. The van der Waals surface area contributed by atoms with Gasteiger partial charge in [0, 0.05) is 0 Å². The second kappa shape index (κ2) is 5.56. The molecule has 0 aliphatic carbocycles. The molecule has 0 bridgehead atoms. The van der Waals surface area contributed by atoms with E-state index in [4.69, 9.17) is 9.47 Å². The van der Waals surface area contributed by atoms with E-state index in [0.717, 1.165) is 0 Å². The van der Waals surface area contributed by atoms with Crippen molar-refractivity contribution < 1.29 is 23.8 Å². The summed E-state index contributed by atoms with van der Waals surface area (Å²) in [5, 5.41) is 0. The lowest BCUT2D eigenvalue weighted by atomic mass is 10.2. The van der Waals surface area contributed by atoms with Crippen molar-refractivity contribution in [2.75, 3.05) is 20.2 Å². The lowest BCUT2D eigenvalue weighted by molar-refractivity contribution is -0.165. The van der Waals surface area contributed by atoms with Crippen molar-refractivity contribution in [1.29, 1.82) is 0 Å². The maximum atomic E-state index is 11.9. The molecule has 104 valence electrons. The first-order valence-corrected chi connectivity index (χ1v) is 5.94. The van der Waals surface area contributed by atoms with Crippen LogP contribution in [-0.4, -0.2) is 55.0 Å². The summed E-state index contributed by atoms with van der Waals surface area (Å²) in [5.74, 6) is -0.477. The number of ether oxygens (including phenoxy) is 3. The highest BCUT2D eigenvalue weighted by molar-refractivity contribution is 5.76. The molecule has 2 atom stereocenters. The number of morpholine rings is 1. The first-order chi connectivity index (χ1) is 8.23. The maximum Gasteiger partial charge on any atom is 0.410 e. The molecule has 6 nitrogen and oxygen atoms in total. The smallest absolute Gasteiger partial charge is 0.410 e. The van der Waals surface area contributed by atoms with E-state index >= 15 is 0 Å². The van der Waals surface area contributed by atoms with E-state index in [1.807, 2.05) is 0 Å². The second-order valence-corrected chi connectivity index (χ2v) is 5.34. The molecule has 0 radical (unpaired) electrons. The van der Waals surface area contributed by atoms with Crippen molar-refractivity contribution in [3.05, 3.63) is 0 Å². The zero-order chi connectivity index (χ0) is 13.9. The number of carbonyl (C=O) groups is 2. The molecule has 1 unspecified atom stereocenters. The zero-order valence-corrected chi connectivity index (χ0v) is 11.6. The summed E-state index contributed by atoms with van der Waals surface area (Å²) >= 11 is 0. The van der Waals surface area contributed by atoms with Gasteiger partial charge in [0.15, 0.2) is 6.10 Å². The zero-order valence-electron chi connectivity index (χ0n) is 11.6. The first kappa shape index (κ1) is 14.8. The third-order valence-electron chi connectivity index (χ3n) is 2.38. The van der Waals surface area contributed by atoms with Gasteiger partial charge < -0.3 is 19.1 Å². The van der Waals surface area contributed by atoms with Crippen LogP contribution in [0.2, 0.25) is 0 Å². The van der Waals surface area contributed by atoms with Crippen LogP contribution in [0.1, 0.15) is 27.7 Å². The first-order valence-electron chi connectivity index (χ1n) is 5.94. The SMILES string of the molecule is COC(=O)C1CN(C(=O)OC(C)(C)C)C[C@H](C)O1. The van der Waals surface area contributed by atoms with Gasteiger partial charge in [0.25, 0.3) is 0 Å². The number of esters is 1. The van der Waals surface area contributed by atoms with E-state index in [-0.39, 0.29) is 12.6 Å². The fraction of sp³-hybridized carbons (Fsp3) is 0.833. The van der Waals surface area contributed by atoms with Gasteiger partial charge in [0.1, 0.15) is 5.60 Å². The standard InChI is InChI=1S/C12H21NO5/c1-8-6-13(11(15)18-12(2,3)4)7-9(17-8)10(14)16-5/h8-9H,6-7H2,1-5H3/t8-,9?/m0/s1. The van der Waals surface area contributed by atoms with Crippen molar-refractivity contribution >= 4 is 12.1 Å². The Labute approximate surface area is 107 Å². The Balaban J connectivity index is 2.66. The number of carbonyl (C=O) groups excluding carboxylic acids is 2. The van der Waals surface area contributed by atoms with Crippen LogP contribution >= 0.6 is 0 Å². The van der Waals surface area contributed by atoms with Crippen molar-refractivity contribution in [1.82, 2.24) is 4.90 Å². The van der Waals surface area contributed by atoms with Crippen LogP contribution in [0, 0.1) is 0 Å². The van der Waals surface area contributed by atoms with Gasteiger partial charge in [0.2, 0.25) is 0 Å². The molecule has 1 aliphatic rings. The molecule has 0 N–H and O–H groups in total. The average Bonchev–Trinajstić information content (AvgIpc) is 2.24. The highest BCUT2D eigenvalue weighted by Crippen LogP contribution is 2.16. The summed E-state index contributed by atoms with van der Waals surface area (Å²) in [4.78, 5) is 24.8. The number of hydrogen-bond donors (Lipinski definition) is 0. The summed E-state index contributed by atoms with van der Waals surface area (Å²) < 4.78 is 15.3. The minimum Gasteiger partial charge on any atom is -0.467 e. The van der Waals surface area contributed by atoms with Crippen molar-refractivity contribution in [2.45, 2.75) is 45.5 Å². The summed E-state index contributed by atoms with van der Waals surface area (Å²) in [6.45, 7) is 7.76. The van der Waals surface area contributed by atoms with Gasteiger partial charge in [0.05, 0.1) is 26.3 Å². The van der Waals surface area contributed by atoms with Crippen LogP contribution in [0.25, 0.3) is 0 Å². The van der Waals surface area contributed by atoms with E-state index in [0.29, 0.717) is 6.54 Å². The molecular formula is C12H21NO5. The molecule has 0 aromatic carbocycles. The fourth-order valence-electron chi connectivity index (χ4n) is 1.69. The number of methoxy groups -OCH3 is 1. The van der Waals surface area contributed by atoms with Gasteiger partial charge in [-0.25, -0.2) is 9.59 Å². The molecule has 1 rings (SSSR count). The topological polar surface area (TPSA) is 65.1 Å². The van der Waals surface area contributed by atoms with Crippen LogP contribution in [0.3, 0.4) is 0 Å². The highest BCUT2D eigenvalue weighted by Gasteiger charge is 2.35. The van der Waals surface area contributed by atoms with Gasteiger partial charge in [-0.1, -0.05) is 0 Å². The van der Waals surface area contributed by atoms with Crippen LogP contribution in [0.5, 0.6) is 0 Å². The molecule has 1 amide bonds. The van der Waals surface area contributed by atoms with Crippen LogP contribution in [0.4, 0.5) is 4.79 Å². The third-order valence-corrected chi connectivity index (χ3v) is 2.38. The Hall–Kier alpha value is -1.30. The van der Waals surface area contributed by atoms with Crippen molar-refractivity contribution in [3.8, 4) is 0 Å². The number of nitrogens with zero attached hydrogens (tertiary/aromatic N) is 1. The van der Waals surface area contributed by atoms with Gasteiger partial charge in [-0.2, -0.15) is 0 Å². The van der Waals surface area contributed by atoms with Crippen LogP contribution < -0.4 is 0 Å². The summed E-state index contributed by atoms with van der Waals surface area (Å²) in [6, 6.07) is 0. The third kappa shape index (κ3) is 4.18. The van der Waals surface area contributed by atoms with E-state index in [9.17, 15) is 9.59 Å². The molecular weight excluding hydrogens is 238 g/mol. The molecule has 18 heavy (non-hydrogen) atoms. The molecule has 1 aliphatic heterocycles. The van der Waals surface area contributed by atoms with Gasteiger partial charge in [-0.05, 0) is 27.7 Å². The summed E-state index contributed by atoms with van der Waals surface area (Å²) in [5.41, 5.74) is -0.556. The minimum absolute atomic E-state index is 0.159. The molecule has 0 aromatic rings. The lowest BCUT2D eigenvalue weighted by Crippen LogP contribution is -2.53. The normalized spacial score (nSPS) is 24.6. The van der Waals surface area contributed by atoms with E-state index in [1.54, 1.807) is 27.7 Å². The Bertz CT molecular complexity index is 323. The van der Waals surface area contributed by atoms with Gasteiger partial charge in [-0.15, -0.1) is 0 Å². The predicted octanol–water partition coefficient (Wildman–Crippen LogP) is 1.18. The summed E-state index contributed by atoms with van der Waals surface area (Å²) in [6.07, 6.45) is -1.41. The molecule has 1 saturated heterocycles. The predicted molar refractivity (Wildman–Crippen MR) is 64.2 cm³/mol. The number of amides is 1. The minimum atomic E-state index is -0.744. The Morgan fingerprint density at radius 2 is 1.89 bits per heavy atom. The second-order valence-electron chi connectivity index (χ2n) is 5.34. The molecule has 0 saturated carbocycles. The molecule has 6 heteroatoms. The van der Waals surface area contributed by atoms with E-state index in [2.05, 4.69) is 4.74 Å². The summed E-state index contributed by atoms with van der Waals surface area (Å²) in [7, 11) is 1.29. The van der Waals surface area contributed by atoms with Crippen LogP contribution in [0.15, 0.2) is 0 Å².